The molecule has 0 saturated heterocycles. The highest BCUT2D eigenvalue weighted by Gasteiger charge is 2.57. The van der Waals surface area contributed by atoms with Crippen molar-refractivity contribution in [3.8, 4) is 0 Å². The first-order valence-electron chi connectivity index (χ1n) is 6.95. The van der Waals surface area contributed by atoms with Gasteiger partial charge in [0.2, 0.25) is 0 Å². The van der Waals surface area contributed by atoms with E-state index in [1.807, 2.05) is 25.1 Å². The van der Waals surface area contributed by atoms with Gasteiger partial charge in [0.05, 0.1) is 20.6 Å². The first-order valence-corrected chi connectivity index (χ1v) is 7.77. The lowest BCUT2D eigenvalue weighted by Gasteiger charge is -2.37. The van der Waals surface area contributed by atoms with Gasteiger partial charge in [0, 0.05) is 5.92 Å². The lowest BCUT2D eigenvalue weighted by Crippen LogP contribution is -2.39. The molecule has 1 saturated carbocycles. The number of carboxylic acid groups (broad SMARTS) is 1. The molecule has 4 heteroatoms. The van der Waals surface area contributed by atoms with Crippen LogP contribution in [0.4, 0.5) is 0 Å². The Hall–Kier alpha value is -1.42. The van der Waals surface area contributed by atoms with Crippen molar-refractivity contribution in [1.29, 1.82) is 0 Å². The Morgan fingerprint density at radius 1 is 1.35 bits per heavy atom. The van der Waals surface area contributed by atoms with E-state index in [4.69, 9.17) is 4.98 Å². The summed E-state index contributed by atoms with van der Waals surface area (Å²) in [5.74, 6) is -0.466. The number of aromatic nitrogens is 1. The predicted octanol–water partition coefficient (Wildman–Crippen LogP) is 4.29. The molecule has 0 radical (unpaired) electrons. The third kappa shape index (κ3) is 1.71. The van der Waals surface area contributed by atoms with Crippen LogP contribution in [0.5, 0.6) is 0 Å². The number of hydrogen-bond donors (Lipinski definition) is 1. The second kappa shape index (κ2) is 4.29. The van der Waals surface area contributed by atoms with E-state index >= 15 is 0 Å². The Morgan fingerprint density at radius 2 is 2.05 bits per heavy atom. The van der Waals surface area contributed by atoms with Gasteiger partial charge in [-0.05, 0) is 37.3 Å². The molecule has 1 aromatic heterocycles. The first-order chi connectivity index (χ1) is 9.36. The monoisotopic (exact) mass is 289 g/mol. The largest absolute Gasteiger partial charge is 0.481 e. The number of carboxylic acids is 1. The van der Waals surface area contributed by atoms with Gasteiger partial charge in [-0.15, -0.1) is 11.3 Å². The maximum absolute atomic E-state index is 11.7. The van der Waals surface area contributed by atoms with Crippen LogP contribution < -0.4 is 0 Å². The second-order valence-electron chi connectivity index (χ2n) is 6.47. The van der Waals surface area contributed by atoms with Crippen LogP contribution in [-0.2, 0) is 4.79 Å². The Balaban J connectivity index is 2.05. The topological polar surface area (TPSA) is 50.2 Å². The molecule has 1 fully saturated rings. The molecule has 1 aliphatic rings. The van der Waals surface area contributed by atoms with Gasteiger partial charge >= 0.3 is 5.97 Å². The third-order valence-corrected chi connectivity index (χ3v) is 6.46. The molecule has 1 aromatic carbocycles. The highest BCUT2D eigenvalue weighted by Crippen LogP contribution is 2.60. The fourth-order valence-corrected chi connectivity index (χ4v) is 4.64. The van der Waals surface area contributed by atoms with Crippen molar-refractivity contribution in [3.63, 3.8) is 0 Å². The van der Waals surface area contributed by atoms with Crippen molar-refractivity contribution in [2.45, 2.75) is 39.5 Å². The highest BCUT2D eigenvalue weighted by molar-refractivity contribution is 7.18. The van der Waals surface area contributed by atoms with Gasteiger partial charge in [-0.25, -0.2) is 4.98 Å². The van der Waals surface area contributed by atoms with Gasteiger partial charge in [0.25, 0.3) is 0 Å². The van der Waals surface area contributed by atoms with Crippen LogP contribution in [0.25, 0.3) is 10.2 Å². The summed E-state index contributed by atoms with van der Waals surface area (Å²) >= 11 is 1.71. The molecule has 3 rings (SSSR count). The fraction of sp³-hybridized carbons (Fsp3) is 0.500. The van der Waals surface area contributed by atoms with Gasteiger partial charge in [-0.2, -0.15) is 0 Å². The number of carbonyl (C=O) groups is 1. The zero-order chi connectivity index (χ0) is 14.5. The molecule has 1 N–H and O–H groups in total. The van der Waals surface area contributed by atoms with Crippen molar-refractivity contribution in [1.82, 2.24) is 4.98 Å². The summed E-state index contributed by atoms with van der Waals surface area (Å²) < 4.78 is 1.18. The molecule has 106 valence electrons. The van der Waals surface area contributed by atoms with Crippen LogP contribution in [0, 0.1) is 10.8 Å². The van der Waals surface area contributed by atoms with Crippen molar-refractivity contribution >= 4 is 27.5 Å². The molecule has 20 heavy (non-hydrogen) atoms. The minimum Gasteiger partial charge on any atom is -0.481 e. The molecule has 1 heterocycles. The number of hydrogen-bond acceptors (Lipinski definition) is 3. The van der Waals surface area contributed by atoms with Gasteiger partial charge in [-0.3, -0.25) is 4.79 Å². The number of thiazole rings is 1. The zero-order valence-corrected chi connectivity index (χ0v) is 12.8. The lowest BCUT2D eigenvalue weighted by atomic mass is 9.66. The predicted molar refractivity (Wildman–Crippen MR) is 81.1 cm³/mol. The van der Waals surface area contributed by atoms with Crippen molar-refractivity contribution in [2.75, 3.05) is 0 Å². The van der Waals surface area contributed by atoms with E-state index in [1.54, 1.807) is 11.3 Å². The molecule has 0 bridgehead atoms. The zero-order valence-electron chi connectivity index (χ0n) is 12.0. The highest BCUT2D eigenvalue weighted by atomic mass is 32.1. The number of fused-ring (bicyclic) bond motifs is 1. The molecule has 0 aliphatic heterocycles. The molecule has 3 nitrogen and oxygen atoms in total. The molecular formula is C16H19NO2S. The molecule has 0 amide bonds. The van der Waals surface area contributed by atoms with Crippen molar-refractivity contribution < 1.29 is 9.90 Å². The Kier molecular flexibility index (Phi) is 2.91. The summed E-state index contributed by atoms with van der Waals surface area (Å²) in [6.07, 6.45) is 1.62. The van der Waals surface area contributed by atoms with Crippen LogP contribution in [0.3, 0.4) is 0 Å². The lowest BCUT2D eigenvalue weighted by molar-refractivity contribution is -0.153. The second-order valence-corrected chi connectivity index (χ2v) is 7.53. The third-order valence-electron chi connectivity index (χ3n) is 5.31. The van der Waals surface area contributed by atoms with Gasteiger partial charge in [0.15, 0.2) is 0 Å². The number of aliphatic carboxylic acids is 1. The summed E-state index contributed by atoms with van der Waals surface area (Å²) in [5, 5.41) is 10.7. The van der Waals surface area contributed by atoms with E-state index in [2.05, 4.69) is 19.9 Å². The Labute approximate surface area is 122 Å². The van der Waals surface area contributed by atoms with Crippen molar-refractivity contribution in [3.05, 3.63) is 29.3 Å². The van der Waals surface area contributed by atoms with Crippen LogP contribution in [0.1, 0.15) is 44.5 Å². The van der Waals surface area contributed by atoms with Gasteiger partial charge in [0.1, 0.15) is 0 Å². The summed E-state index contributed by atoms with van der Waals surface area (Å²) in [4.78, 5) is 16.4. The van der Waals surface area contributed by atoms with E-state index in [1.165, 1.54) is 4.70 Å². The SMILES string of the molecule is CC1(C)[C@@H](c2nc3ccccc3s2)CC[C@@]1(C)C(=O)O. The number of benzene rings is 1. The van der Waals surface area contributed by atoms with Crippen LogP contribution in [-0.4, -0.2) is 16.1 Å². The smallest absolute Gasteiger partial charge is 0.309 e. The Bertz CT molecular complexity index is 643. The number of nitrogens with zero attached hydrogens (tertiary/aromatic N) is 1. The van der Waals surface area contributed by atoms with E-state index in [0.717, 1.165) is 23.4 Å². The van der Waals surface area contributed by atoms with Crippen LogP contribution >= 0.6 is 11.3 Å². The normalized spacial score (nSPS) is 28.9. The van der Waals surface area contributed by atoms with E-state index in [-0.39, 0.29) is 11.3 Å². The molecule has 0 unspecified atom stereocenters. The van der Waals surface area contributed by atoms with Crippen molar-refractivity contribution in [2.24, 2.45) is 10.8 Å². The Morgan fingerprint density at radius 3 is 2.65 bits per heavy atom. The molecule has 2 atom stereocenters. The standard InChI is InChI=1S/C16H19NO2S/c1-15(2)10(8-9-16(15,3)14(18)19)13-17-11-6-4-5-7-12(11)20-13/h4-7,10H,8-9H2,1-3H3,(H,18,19)/t10-,16+/m1/s1. The van der Waals surface area contributed by atoms with E-state index < -0.39 is 11.4 Å². The summed E-state index contributed by atoms with van der Waals surface area (Å²) in [5.41, 5.74) is 0.0645. The minimum atomic E-state index is -0.689. The van der Waals surface area contributed by atoms with Gasteiger partial charge in [-0.1, -0.05) is 26.0 Å². The van der Waals surface area contributed by atoms with Gasteiger partial charge < -0.3 is 5.11 Å². The van der Waals surface area contributed by atoms with Crippen LogP contribution in [0.2, 0.25) is 0 Å². The fourth-order valence-electron chi connectivity index (χ4n) is 3.35. The van der Waals surface area contributed by atoms with Crippen LogP contribution in [0.15, 0.2) is 24.3 Å². The minimum absolute atomic E-state index is 0.223. The number of rotatable bonds is 2. The first kappa shape index (κ1) is 13.6. The maximum atomic E-state index is 11.7. The molecule has 2 aromatic rings. The molecule has 0 spiro atoms. The maximum Gasteiger partial charge on any atom is 0.309 e. The van der Waals surface area contributed by atoms with E-state index in [0.29, 0.717) is 0 Å². The average molecular weight is 289 g/mol. The average Bonchev–Trinajstić information content (AvgIpc) is 2.90. The quantitative estimate of drug-likeness (QED) is 0.897. The number of para-hydroxylation sites is 1. The van der Waals surface area contributed by atoms with E-state index in [9.17, 15) is 9.90 Å². The summed E-state index contributed by atoms with van der Waals surface area (Å²) in [7, 11) is 0. The molecular weight excluding hydrogens is 270 g/mol. The summed E-state index contributed by atoms with van der Waals surface area (Å²) in [6.45, 7) is 6.03. The summed E-state index contributed by atoms with van der Waals surface area (Å²) in [6, 6.07) is 8.11. The molecule has 1 aliphatic carbocycles.